The minimum absolute atomic E-state index is 0.0831. The first-order valence-electron chi connectivity index (χ1n) is 11.5. The lowest BCUT2D eigenvalue weighted by Gasteiger charge is -2.24. The van der Waals surface area contributed by atoms with Crippen molar-refractivity contribution < 1.29 is 19.4 Å². The average Bonchev–Trinajstić information content (AvgIpc) is 3.51. The van der Waals surface area contributed by atoms with Crippen LogP contribution in [-0.4, -0.2) is 26.7 Å². The molecular formula is C29H24N2O4S. The third-order valence-corrected chi connectivity index (χ3v) is 6.97. The Hall–Kier alpha value is -4.23. The zero-order chi connectivity index (χ0) is 25.1. The third-order valence-electron chi connectivity index (χ3n) is 6.04. The maximum absolute atomic E-state index is 13.1. The number of carbonyl (C=O) groups is 2. The van der Waals surface area contributed by atoms with Crippen molar-refractivity contribution in [3.05, 3.63) is 123 Å². The van der Waals surface area contributed by atoms with Crippen LogP contribution in [0, 0.1) is 6.92 Å². The zero-order valence-electron chi connectivity index (χ0n) is 19.6. The summed E-state index contributed by atoms with van der Waals surface area (Å²) in [6.45, 7) is 2.67. The van der Waals surface area contributed by atoms with Gasteiger partial charge in [0.25, 0.3) is 11.7 Å². The predicted octanol–water partition coefficient (Wildman–Crippen LogP) is 5.65. The molecule has 2 aromatic heterocycles. The quantitative estimate of drug-likeness (QED) is 0.203. The Morgan fingerprint density at radius 3 is 2.53 bits per heavy atom. The van der Waals surface area contributed by atoms with E-state index in [1.807, 2.05) is 48.7 Å². The van der Waals surface area contributed by atoms with Crippen LogP contribution in [0.15, 0.2) is 96.1 Å². The monoisotopic (exact) mass is 496 g/mol. The predicted molar refractivity (Wildman–Crippen MR) is 138 cm³/mol. The van der Waals surface area contributed by atoms with Crippen LogP contribution in [0.5, 0.6) is 5.75 Å². The Bertz CT molecular complexity index is 1410. The molecule has 0 bridgehead atoms. The van der Waals surface area contributed by atoms with E-state index in [-0.39, 0.29) is 17.9 Å². The molecule has 36 heavy (non-hydrogen) atoms. The van der Waals surface area contributed by atoms with Crippen molar-refractivity contribution in [1.82, 2.24) is 9.88 Å². The highest BCUT2D eigenvalue weighted by atomic mass is 32.1. The molecular weight excluding hydrogens is 472 g/mol. The number of thiophene rings is 1. The first-order chi connectivity index (χ1) is 17.5. The Labute approximate surface area is 213 Å². The minimum atomic E-state index is -0.699. The maximum atomic E-state index is 13.1. The van der Waals surface area contributed by atoms with Crippen molar-refractivity contribution in [1.29, 1.82) is 0 Å². The molecule has 7 heteroatoms. The summed E-state index contributed by atoms with van der Waals surface area (Å²) in [6, 6.07) is 21.7. The van der Waals surface area contributed by atoms with Crippen molar-refractivity contribution >= 4 is 28.8 Å². The number of aryl methyl sites for hydroxylation is 1. The van der Waals surface area contributed by atoms with Gasteiger partial charge in [-0.3, -0.25) is 14.6 Å². The van der Waals surface area contributed by atoms with E-state index in [2.05, 4.69) is 11.1 Å². The Balaban J connectivity index is 1.43. The molecule has 1 N–H and O–H groups in total. The third kappa shape index (κ3) is 4.78. The lowest BCUT2D eigenvalue weighted by molar-refractivity contribution is -0.140. The number of ether oxygens (including phenoxy) is 1. The number of likely N-dealkylation sites (tertiary alicyclic amines) is 1. The van der Waals surface area contributed by atoms with E-state index in [0.717, 1.165) is 21.6 Å². The Kier molecular flexibility index (Phi) is 6.64. The number of amides is 1. The van der Waals surface area contributed by atoms with Gasteiger partial charge in [-0.15, -0.1) is 11.3 Å². The highest BCUT2D eigenvalue weighted by molar-refractivity contribution is 7.10. The summed E-state index contributed by atoms with van der Waals surface area (Å²) >= 11 is 1.44. The van der Waals surface area contributed by atoms with Crippen LogP contribution in [0.4, 0.5) is 0 Å². The molecule has 3 heterocycles. The molecule has 1 aliphatic heterocycles. The lowest BCUT2D eigenvalue weighted by Crippen LogP contribution is -2.28. The van der Waals surface area contributed by atoms with E-state index in [0.29, 0.717) is 17.9 Å². The summed E-state index contributed by atoms with van der Waals surface area (Å²) in [4.78, 5) is 32.6. The van der Waals surface area contributed by atoms with Gasteiger partial charge in [-0.05, 0) is 59.8 Å². The molecule has 0 saturated carbocycles. The molecule has 1 amide bonds. The molecule has 4 aromatic rings. The molecule has 1 saturated heterocycles. The van der Waals surface area contributed by atoms with E-state index >= 15 is 0 Å². The largest absolute Gasteiger partial charge is 0.507 e. The van der Waals surface area contributed by atoms with E-state index in [9.17, 15) is 14.7 Å². The molecule has 0 spiro atoms. The van der Waals surface area contributed by atoms with Gasteiger partial charge in [0, 0.05) is 29.4 Å². The normalized spacial score (nSPS) is 16.9. The summed E-state index contributed by atoms with van der Waals surface area (Å²) in [5.41, 5.74) is 3.55. The number of Topliss-reactive ketones (excluding diaryl/α,β-unsaturated/α-hetero) is 1. The van der Waals surface area contributed by atoms with Crippen molar-refractivity contribution in [3.63, 3.8) is 0 Å². The van der Waals surface area contributed by atoms with E-state index in [1.54, 1.807) is 42.7 Å². The number of rotatable bonds is 7. The SMILES string of the molecule is Cc1cccc(COc2ccc(/C(O)=C3\C(=O)C(=O)N(Cc4cccnc4)[C@H]3c3cccs3)cc2)c1. The van der Waals surface area contributed by atoms with Gasteiger partial charge in [-0.2, -0.15) is 0 Å². The number of hydrogen-bond acceptors (Lipinski definition) is 6. The number of benzene rings is 2. The van der Waals surface area contributed by atoms with Crippen LogP contribution in [-0.2, 0) is 22.7 Å². The van der Waals surface area contributed by atoms with E-state index in [1.165, 1.54) is 16.2 Å². The van der Waals surface area contributed by atoms with Crippen LogP contribution >= 0.6 is 11.3 Å². The molecule has 1 aliphatic rings. The van der Waals surface area contributed by atoms with Gasteiger partial charge >= 0.3 is 0 Å². The number of aliphatic hydroxyl groups is 1. The molecule has 180 valence electrons. The van der Waals surface area contributed by atoms with Crippen LogP contribution in [0.25, 0.3) is 5.76 Å². The number of ketones is 1. The fourth-order valence-corrected chi connectivity index (χ4v) is 5.15. The number of pyridine rings is 1. The van der Waals surface area contributed by atoms with Gasteiger partial charge < -0.3 is 14.7 Å². The van der Waals surface area contributed by atoms with Gasteiger partial charge in [0.05, 0.1) is 11.6 Å². The number of hydrogen-bond donors (Lipinski definition) is 1. The van der Waals surface area contributed by atoms with Crippen molar-refractivity contribution in [2.75, 3.05) is 0 Å². The molecule has 1 atom stereocenters. The van der Waals surface area contributed by atoms with Crippen LogP contribution in [0.1, 0.15) is 33.2 Å². The molecule has 2 aromatic carbocycles. The number of aromatic nitrogens is 1. The van der Waals surface area contributed by atoms with Crippen molar-refractivity contribution in [2.24, 2.45) is 0 Å². The molecule has 6 nitrogen and oxygen atoms in total. The van der Waals surface area contributed by atoms with Gasteiger partial charge in [0.1, 0.15) is 18.1 Å². The smallest absolute Gasteiger partial charge is 0.295 e. The summed E-state index contributed by atoms with van der Waals surface area (Å²) < 4.78 is 5.88. The van der Waals surface area contributed by atoms with Crippen molar-refractivity contribution in [2.45, 2.75) is 26.1 Å². The topological polar surface area (TPSA) is 79.7 Å². The summed E-state index contributed by atoms with van der Waals surface area (Å²) in [7, 11) is 0. The second kappa shape index (κ2) is 10.2. The van der Waals surface area contributed by atoms with Crippen LogP contribution in [0.2, 0.25) is 0 Å². The first kappa shape index (κ1) is 23.5. The van der Waals surface area contributed by atoms with E-state index < -0.39 is 17.7 Å². The Morgan fingerprint density at radius 2 is 1.83 bits per heavy atom. The second-order valence-electron chi connectivity index (χ2n) is 8.61. The summed E-state index contributed by atoms with van der Waals surface area (Å²) in [5, 5.41) is 13.1. The van der Waals surface area contributed by atoms with Gasteiger partial charge in [-0.25, -0.2) is 0 Å². The van der Waals surface area contributed by atoms with Gasteiger partial charge in [-0.1, -0.05) is 42.0 Å². The average molecular weight is 497 g/mol. The molecule has 1 fully saturated rings. The maximum Gasteiger partial charge on any atom is 0.295 e. The summed E-state index contributed by atoms with van der Waals surface area (Å²) in [6.07, 6.45) is 3.32. The molecule has 5 rings (SSSR count). The second-order valence-corrected chi connectivity index (χ2v) is 9.59. The van der Waals surface area contributed by atoms with Crippen molar-refractivity contribution in [3.8, 4) is 5.75 Å². The molecule has 0 aliphatic carbocycles. The lowest BCUT2D eigenvalue weighted by atomic mass is 9.99. The van der Waals surface area contributed by atoms with Gasteiger partial charge in [0.2, 0.25) is 0 Å². The van der Waals surface area contributed by atoms with E-state index in [4.69, 9.17) is 4.74 Å². The fourth-order valence-electron chi connectivity index (χ4n) is 4.31. The summed E-state index contributed by atoms with van der Waals surface area (Å²) in [5.74, 6) is -0.906. The number of nitrogens with zero attached hydrogens (tertiary/aromatic N) is 2. The first-order valence-corrected chi connectivity index (χ1v) is 12.4. The fraction of sp³-hybridized carbons (Fsp3) is 0.138. The Morgan fingerprint density at radius 1 is 1.03 bits per heavy atom. The number of aliphatic hydroxyl groups excluding tert-OH is 1. The number of carbonyl (C=O) groups excluding carboxylic acids is 2. The standard InChI is InChI=1S/C29H24N2O4S/c1-19-5-2-6-20(15-19)18-35-23-11-9-22(10-12-23)27(32)25-26(24-8-4-14-36-24)31(29(34)28(25)33)17-21-7-3-13-30-16-21/h2-16,26,32H,17-18H2,1H3/b27-25+/t26-/m0/s1. The zero-order valence-corrected chi connectivity index (χ0v) is 20.4. The highest BCUT2D eigenvalue weighted by Gasteiger charge is 2.46. The highest BCUT2D eigenvalue weighted by Crippen LogP contribution is 2.42. The van der Waals surface area contributed by atoms with Crippen LogP contribution in [0.3, 0.4) is 0 Å². The minimum Gasteiger partial charge on any atom is -0.507 e. The molecule has 0 radical (unpaired) electrons. The van der Waals surface area contributed by atoms with Gasteiger partial charge in [0.15, 0.2) is 0 Å². The molecule has 0 unspecified atom stereocenters. The van der Waals surface area contributed by atoms with Crippen LogP contribution < -0.4 is 4.74 Å².